The summed E-state index contributed by atoms with van der Waals surface area (Å²) in [5, 5.41) is 3.60. The molecule has 1 aromatic heterocycles. The van der Waals surface area contributed by atoms with Gasteiger partial charge in [0, 0.05) is 12.1 Å². The molecule has 0 spiro atoms. The average molecular weight is 236 g/mol. The van der Waals surface area contributed by atoms with Crippen molar-refractivity contribution in [2.45, 2.75) is 45.1 Å². The minimum Gasteiger partial charge on any atom is -0.263 e. The summed E-state index contributed by atoms with van der Waals surface area (Å²) in [5.74, 6) is -0.145. The molecule has 0 N–H and O–H groups in total. The van der Waals surface area contributed by atoms with Crippen LogP contribution in [0.1, 0.15) is 55.5 Å². The van der Waals surface area contributed by atoms with Crippen LogP contribution in [0.15, 0.2) is 0 Å². The first-order chi connectivity index (χ1) is 7.56. The van der Waals surface area contributed by atoms with Gasteiger partial charge in [0.15, 0.2) is 0 Å². The standard InChI is InChI=1S/C10H12F4N2/c1-2-16-8(10(13)14)6(5-3-4-5)7(15-16)9(11)12/h5,9-10H,2-4H2,1H3. The Morgan fingerprint density at radius 3 is 2.25 bits per heavy atom. The fourth-order valence-corrected chi connectivity index (χ4v) is 1.93. The number of aryl methyl sites for hydroxylation is 1. The first kappa shape index (κ1) is 11.4. The molecule has 1 heterocycles. The second kappa shape index (κ2) is 4.07. The summed E-state index contributed by atoms with van der Waals surface area (Å²) < 4.78 is 52.0. The van der Waals surface area contributed by atoms with E-state index in [0.29, 0.717) is 12.8 Å². The van der Waals surface area contributed by atoms with Crippen molar-refractivity contribution in [3.63, 3.8) is 0 Å². The molecule has 0 saturated heterocycles. The predicted molar refractivity (Wildman–Crippen MR) is 49.8 cm³/mol. The van der Waals surface area contributed by atoms with Crippen LogP contribution in [0.5, 0.6) is 0 Å². The Balaban J connectivity index is 2.53. The van der Waals surface area contributed by atoms with E-state index >= 15 is 0 Å². The molecule has 1 aliphatic rings. The Morgan fingerprint density at radius 2 is 1.88 bits per heavy atom. The number of halogens is 4. The summed E-state index contributed by atoms with van der Waals surface area (Å²) in [6, 6.07) is 0. The van der Waals surface area contributed by atoms with Gasteiger partial charge in [0.25, 0.3) is 12.9 Å². The van der Waals surface area contributed by atoms with Crippen LogP contribution in [-0.4, -0.2) is 9.78 Å². The second-order valence-corrected chi connectivity index (χ2v) is 3.88. The van der Waals surface area contributed by atoms with E-state index in [4.69, 9.17) is 0 Å². The fourth-order valence-electron chi connectivity index (χ4n) is 1.93. The maximum atomic E-state index is 12.8. The van der Waals surface area contributed by atoms with Gasteiger partial charge in [-0.05, 0) is 25.7 Å². The Bertz CT molecular complexity index is 382. The lowest BCUT2D eigenvalue weighted by atomic mass is 10.1. The minimum absolute atomic E-state index is 0.0897. The number of aromatic nitrogens is 2. The number of alkyl halides is 4. The van der Waals surface area contributed by atoms with Crippen molar-refractivity contribution in [1.29, 1.82) is 0 Å². The maximum absolute atomic E-state index is 12.8. The van der Waals surface area contributed by atoms with Crippen LogP contribution in [0, 0.1) is 0 Å². The molecule has 1 aliphatic carbocycles. The second-order valence-electron chi connectivity index (χ2n) is 3.88. The molecule has 90 valence electrons. The van der Waals surface area contributed by atoms with Gasteiger partial charge in [0.05, 0.1) is 0 Å². The van der Waals surface area contributed by atoms with Crippen molar-refractivity contribution in [2.24, 2.45) is 0 Å². The maximum Gasteiger partial charge on any atom is 0.282 e. The number of hydrogen-bond donors (Lipinski definition) is 0. The number of rotatable bonds is 4. The molecule has 1 saturated carbocycles. The third-order valence-corrected chi connectivity index (χ3v) is 2.76. The molecular formula is C10H12F4N2. The molecule has 6 heteroatoms. The third kappa shape index (κ3) is 1.81. The highest BCUT2D eigenvalue weighted by molar-refractivity contribution is 5.35. The van der Waals surface area contributed by atoms with Crippen molar-refractivity contribution in [1.82, 2.24) is 9.78 Å². The molecule has 0 bridgehead atoms. The highest BCUT2D eigenvalue weighted by Gasteiger charge is 2.37. The average Bonchev–Trinajstić information content (AvgIpc) is 2.96. The fraction of sp³-hybridized carbons (Fsp3) is 0.700. The monoisotopic (exact) mass is 236 g/mol. The molecule has 0 amide bonds. The Labute approximate surface area is 90.2 Å². The minimum atomic E-state index is -2.78. The van der Waals surface area contributed by atoms with Crippen LogP contribution in [0.3, 0.4) is 0 Å². The van der Waals surface area contributed by atoms with Crippen molar-refractivity contribution >= 4 is 0 Å². The molecule has 0 radical (unpaired) electrons. The van der Waals surface area contributed by atoms with Crippen molar-refractivity contribution in [3.05, 3.63) is 17.0 Å². The molecule has 2 nitrogen and oxygen atoms in total. The molecule has 2 rings (SSSR count). The van der Waals surface area contributed by atoms with Crippen molar-refractivity contribution < 1.29 is 17.6 Å². The predicted octanol–water partition coefficient (Wildman–Crippen LogP) is 3.66. The van der Waals surface area contributed by atoms with E-state index in [-0.39, 0.29) is 23.7 Å². The van der Waals surface area contributed by atoms with Gasteiger partial charge in [-0.15, -0.1) is 0 Å². The zero-order valence-corrected chi connectivity index (χ0v) is 8.76. The zero-order chi connectivity index (χ0) is 11.9. The van der Waals surface area contributed by atoms with Crippen LogP contribution < -0.4 is 0 Å². The van der Waals surface area contributed by atoms with Gasteiger partial charge in [-0.25, -0.2) is 17.6 Å². The normalized spacial score (nSPS) is 16.4. The van der Waals surface area contributed by atoms with E-state index in [1.807, 2.05) is 0 Å². The summed E-state index contributed by atoms with van der Waals surface area (Å²) in [4.78, 5) is 0. The van der Waals surface area contributed by atoms with E-state index in [9.17, 15) is 17.6 Å². The summed E-state index contributed by atoms with van der Waals surface area (Å²) in [7, 11) is 0. The first-order valence-electron chi connectivity index (χ1n) is 5.23. The van der Waals surface area contributed by atoms with E-state index in [1.54, 1.807) is 6.92 Å². The molecule has 0 aliphatic heterocycles. The lowest BCUT2D eigenvalue weighted by Crippen LogP contribution is -2.04. The summed E-state index contributed by atoms with van der Waals surface area (Å²) in [5.41, 5.74) is -0.688. The molecule has 0 unspecified atom stereocenters. The van der Waals surface area contributed by atoms with Crippen LogP contribution in [0.4, 0.5) is 17.6 Å². The van der Waals surface area contributed by atoms with Gasteiger partial charge >= 0.3 is 0 Å². The molecule has 1 fully saturated rings. The summed E-state index contributed by atoms with van der Waals surface area (Å²) in [6.07, 6.45) is -4.11. The highest BCUT2D eigenvalue weighted by Crippen LogP contribution is 2.47. The van der Waals surface area contributed by atoms with Crippen LogP contribution in [0.2, 0.25) is 0 Å². The SMILES string of the molecule is CCn1nc(C(F)F)c(C2CC2)c1C(F)F. The topological polar surface area (TPSA) is 17.8 Å². The number of nitrogens with zero attached hydrogens (tertiary/aromatic N) is 2. The number of hydrogen-bond acceptors (Lipinski definition) is 1. The molecule has 0 aromatic carbocycles. The molecule has 0 atom stereocenters. The highest BCUT2D eigenvalue weighted by atomic mass is 19.3. The van der Waals surface area contributed by atoms with Crippen LogP contribution in [0.25, 0.3) is 0 Å². The van der Waals surface area contributed by atoms with Gasteiger partial charge in [-0.1, -0.05) is 0 Å². The largest absolute Gasteiger partial charge is 0.282 e. The van der Waals surface area contributed by atoms with Gasteiger partial charge < -0.3 is 0 Å². The lowest BCUT2D eigenvalue weighted by Gasteiger charge is -2.05. The van der Waals surface area contributed by atoms with Gasteiger partial charge in [0.2, 0.25) is 0 Å². The van der Waals surface area contributed by atoms with Crippen molar-refractivity contribution in [3.8, 4) is 0 Å². The Morgan fingerprint density at radius 1 is 1.25 bits per heavy atom. The van der Waals surface area contributed by atoms with Gasteiger partial charge in [-0.2, -0.15) is 5.10 Å². The molecular weight excluding hydrogens is 224 g/mol. The lowest BCUT2D eigenvalue weighted by molar-refractivity contribution is 0.138. The van der Waals surface area contributed by atoms with E-state index < -0.39 is 18.5 Å². The van der Waals surface area contributed by atoms with E-state index in [0.717, 1.165) is 4.68 Å². The van der Waals surface area contributed by atoms with Crippen LogP contribution in [-0.2, 0) is 6.54 Å². The Hall–Kier alpha value is -1.07. The third-order valence-electron chi connectivity index (χ3n) is 2.76. The quantitative estimate of drug-likeness (QED) is 0.729. The molecule has 1 aromatic rings. The zero-order valence-electron chi connectivity index (χ0n) is 8.76. The van der Waals surface area contributed by atoms with Gasteiger partial charge in [0.1, 0.15) is 11.4 Å². The van der Waals surface area contributed by atoms with Gasteiger partial charge in [-0.3, -0.25) is 4.68 Å². The van der Waals surface area contributed by atoms with Crippen molar-refractivity contribution in [2.75, 3.05) is 0 Å². The summed E-state index contributed by atoms with van der Waals surface area (Å²) in [6.45, 7) is 1.80. The molecule has 16 heavy (non-hydrogen) atoms. The van der Waals surface area contributed by atoms with E-state index in [1.165, 1.54) is 0 Å². The summed E-state index contributed by atoms with van der Waals surface area (Å²) >= 11 is 0. The van der Waals surface area contributed by atoms with Crippen LogP contribution >= 0.6 is 0 Å². The first-order valence-corrected chi connectivity index (χ1v) is 5.23. The Kier molecular flexibility index (Phi) is 2.90. The van der Waals surface area contributed by atoms with E-state index in [2.05, 4.69) is 5.10 Å². The smallest absolute Gasteiger partial charge is 0.263 e.